The highest BCUT2D eigenvalue weighted by Crippen LogP contribution is 2.22. The predicted molar refractivity (Wildman–Crippen MR) is 73.4 cm³/mol. The average molecular weight is 266 g/mol. The van der Waals surface area contributed by atoms with Crippen LogP contribution in [0.5, 0.6) is 5.88 Å². The van der Waals surface area contributed by atoms with Gasteiger partial charge < -0.3 is 20.1 Å². The molecule has 106 valence electrons. The fourth-order valence-corrected chi connectivity index (χ4v) is 2.07. The smallest absolute Gasteiger partial charge is 0.218 e. The molecule has 2 heterocycles. The summed E-state index contributed by atoms with van der Waals surface area (Å²) in [6, 6.07) is 2.14. The summed E-state index contributed by atoms with van der Waals surface area (Å²) < 4.78 is 11.2. The van der Waals surface area contributed by atoms with Crippen molar-refractivity contribution in [2.75, 3.05) is 24.6 Å². The number of hydrogen-bond donors (Lipinski definition) is 1. The van der Waals surface area contributed by atoms with Crippen molar-refractivity contribution in [2.45, 2.75) is 39.0 Å². The van der Waals surface area contributed by atoms with Gasteiger partial charge in [-0.1, -0.05) is 0 Å². The summed E-state index contributed by atoms with van der Waals surface area (Å²) in [6.07, 6.45) is 1.69. The summed E-state index contributed by atoms with van der Waals surface area (Å²) in [5.41, 5.74) is 5.68. The van der Waals surface area contributed by atoms with E-state index >= 15 is 0 Å². The van der Waals surface area contributed by atoms with E-state index in [9.17, 15) is 0 Å². The van der Waals surface area contributed by atoms with Gasteiger partial charge in [0.1, 0.15) is 12.1 Å². The van der Waals surface area contributed by atoms with Crippen molar-refractivity contribution in [3.05, 3.63) is 12.4 Å². The second-order valence-corrected chi connectivity index (χ2v) is 5.07. The second kappa shape index (κ2) is 6.16. The Morgan fingerprint density at radius 1 is 1.53 bits per heavy atom. The largest absolute Gasteiger partial charge is 0.475 e. The van der Waals surface area contributed by atoms with Gasteiger partial charge in [-0.3, -0.25) is 0 Å². The molecule has 2 N–H and O–H groups in total. The van der Waals surface area contributed by atoms with Gasteiger partial charge in [-0.15, -0.1) is 0 Å². The quantitative estimate of drug-likeness (QED) is 0.869. The summed E-state index contributed by atoms with van der Waals surface area (Å²) in [4.78, 5) is 10.6. The fourth-order valence-electron chi connectivity index (χ4n) is 2.07. The lowest BCUT2D eigenvalue weighted by Crippen LogP contribution is -2.51. The Balaban J connectivity index is 2.15. The Kier molecular flexibility index (Phi) is 4.55. The molecule has 0 bridgehead atoms. The van der Waals surface area contributed by atoms with Gasteiger partial charge in [0.25, 0.3) is 0 Å². The Labute approximate surface area is 113 Å². The molecule has 0 amide bonds. The minimum atomic E-state index is 0.0561. The average Bonchev–Trinajstić information content (AvgIpc) is 2.39. The maximum absolute atomic E-state index is 5.68. The zero-order valence-electron chi connectivity index (χ0n) is 11.7. The molecule has 19 heavy (non-hydrogen) atoms. The topological polar surface area (TPSA) is 73.5 Å². The normalized spacial score (nSPS) is 23.7. The van der Waals surface area contributed by atoms with E-state index in [1.54, 1.807) is 0 Å². The minimum Gasteiger partial charge on any atom is -0.475 e. The fraction of sp³-hybridized carbons (Fsp3) is 0.692. The van der Waals surface area contributed by atoms with E-state index in [1.807, 2.05) is 19.9 Å². The maximum Gasteiger partial charge on any atom is 0.218 e. The third-order valence-corrected chi connectivity index (χ3v) is 3.05. The van der Waals surface area contributed by atoms with E-state index in [4.69, 9.17) is 15.2 Å². The first-order valence-corrected chi connectivity index (χ1v) is 6.67. The van der Waals surface area contributed by atoms with Crippen LogP contribution in [0.4, 0.5) is 5.82 Å². The van der Waals surface area contributed by atoms with Crippen molar-refractivity contribution in [3.63, 3.8) is 0 Å². The molecule has 1 saturated heterocycles. The first-order chi connectivity index (χ1) is 9.10. The Morgan fingerprint density at radius 3 is 3.00 bits per heavy atom. The van der Waals surface area contributed by atoms with E-state index in [0.29, 0.717) is 19.0 Å². The monoisotopic (exact) mass is 266 g/mol. The van der Waals surface area contributed by atoms with E-state index in [0.717, 1.165) is 12.4 Å². The van der Waals surface area contributed by atoms with Crippen LogP contribution in [-0.4, -0.2) is 47.9 Å². The molecule has 2 atom stereocenters. The van der Waals surface area contributed by atoms with E-state index < -0.39 is 0 Å². The predicted octanol–water partition coefficient (Wildman–Crippen LogP) is 0.816. The van der Waals surface area contributed by atoms with Gasteiger partial charge in [0, 0.05) is 19.2 Å². The van der Waals surface area contributed by atoms with Crippen LogP contribution in [0, 0.1) is 0 Å². The van der Waals surface area contributed by atoms with Gasteiger partial charge in [0.2, 0.25) is 5.88 Å². The number of aromatic nitrogens is 2. The van der Waals surface area contributed by atoms with Crippen molar-refractivity contribution in [2.24, 2.45) is 5.73 Å². The molecule has 0 radical (unpaired) electrons. The SMILES string of the molecule is CC(C)Oc1cc(N2CC(CN)OCC2C)ncn1. The van der Waals surface area contributed by atoms with Crippen LogP contribution in [0.25, 0.3) is 0 Å². The molecular weight excluding hydrogens is 244 g/mol. The third-order valence-electron chi connectivity index (χ3n) is 3.05. The highest BCUT2D eigenvalue weighted by atomic mass is 16.5. The first kappa shape index (κ1) is 14.0. The third kappa shape index (κ3) is 3.54. The molecule has 1 aromatic heterocycles. The second-order valence-electron chi connectivity index (χ2n) is 5.07. The summed E-state index contributed by atoms with van der Waals surface area (Å²) in [6.45, 7) is 7.98. The molecule has 1 aromatic rings. The summed E-state index contributed by atoms with van der Waals surface area (Å²) in [5, 5.41) is 0. The molecule has 0 aromatic carbocycles. The summed E-state index contributed by atoms with van der Waals surface area (Å²) >= 11 is 0. The number of ether oxygens (including phenoxy) is 2. The number of rotatable bonds is 4. The molecule has 6 heteroatoms. The van der Waals surface area contributed by atoms with E-state index in [1.165, 1.54) is 6.33 Å². The maximum atomic E-state index is 5.68. The molecule has 1 aliphatic rings. The molecule has 2 rings (SSSR count). The Morgan fingerprint density at radius 2 is 2.32 bits per heavy atom. The Hall–Kier alpha value is -1.40. The lowest BCUT2D eigenvalue weighted by Gasteiger charge is -2.38. The Bertz CT molecular complexity index is 413. The number of morpholine rings is 1. The van der Waals surface area contributed by atoms with Gasteiger partial charge in [0.15, 0.2) is 0 Å². The van der Waals surface area contributed by atoms with E-state index in [-0.39, 0.29) is 18.2 Å². The van der Waals surface area contributed by atoms with Gasteiger partial charge in [-0.05, 0) is 20.8 Å². The lowest BCUT2D eigenvalue weighted by molar-refractivity contribution is 0.0279. The van der Waals surface area contributed by atoms with Gasteiger partial charge >= 0.3 is 0 Å². The van der Waals surface area contributed by atoms with Crippen LogP contribution < -0.4 is 15.4 Å². The first-order valence-electron chi connectivity index (χ1n) is 6.67. The molecule has 0 spiro atoms. The summed E-state index contributed by atoms with van der Waals surface area (Å²) in [5.74, 6) is 1.46. The number of nitrogens with two attached hydrogens (primary N) is 1. The number of hydrogen-bond acceptors (Lipinski definition) is 6. The van der Waals surface area contributed by atoms with Crippen molar-refractivity contribution >= 4 is 5.82 Å². The van der Waals surface area contributed by atoms with E-state index in [2.05, 4.69) is 21.8 Å². The molecule has 1 fully saturated rings. The highest BCUT2D eigenvalue weighted by molar-refractivity contribution is 5.42. The standard InChI is InChI=1S/C13H22N4O2/c1-9(2)19-13-4-12(15-8-16-13)17-6-11(5-14)18-7-10(17)3/h4,8-11H,5-7,14H2,1-3H3. The molecule has 0 aliphatic carbocycles. The molecular formula is C13H22N4O2. The van der Waals surface area contributed by atoms with Gasteiger partial charge in [-0.2, -0.15) is 0 Å². The van der Waals surface area contributed by atoms with Crippen LogP contribution in [0.3, 0.4) is 0 Å². The van der Waals surface area contributed by atoms with Crippen LogP contribution in [0.1, 0.15) is 20.8 Å². The zero-order chi connectivity index (χ0) is 13.8. The minimum absolute atomic E-state index is 0.0561. The van der Waals surface area contributed by atoms with Crippen molar-refractivity contribution < 1.29 is 9.47 Å². The van der Waals surface area contributed by atoms with Crippen molar-refractivity contribution in [1.29, 1.82) is 0 Å². The molecule has 1 aliphatic heterocycles. The van der Waals surface area contributed by atoms with Crippen LogP contribution >= 0.6 is 0 Å². The molecule has 6 nitrogen and oxygen atoms in total. The van der Waals surface area contributed by atoms with Crippen LogP contribution in [-0.2, 0) is 4.74 Å². The van der Waals surface area contributed by atoms with Crippen LogP contribution in [0.2, 0.25) is 0 Å². The zero-order valence-corrected chi connectivity index (χ0v) is 11.7. The van der Waals surface area contributed by atoms with Gasteiger partial charge in [0.05, 0.1) is 24.9 Å². The van der Waals surface area contributed by atoms with Crippen molar-refractivity contribution in [1.82, 2.24) is 9.97 Å². The number of anilines is 1. The highest BCUT2D eigenvalue weighted by Gasteiger charge is 2.26. The van der Waals surface area contributed by atoms with Crippen molar-refractivity contribution in [3.8, 4) is 5.88 Å². The molecule has 2 unspecified atom stereocenters. The van der Waals surface area contributed by atoms with Gasteiger partial charge in [-0.25, -0.2) is 9.97 Å². The lowest BCUT2D eigenvalue weighted by atomic mass is 10.2. The summed E-state index contributed by atoms with van der Waals surface area (Å²) in [7, 11) is 0. The number of nitrogens with zero attached hydrogens (tertiary/aromatic N) is 3. The molecule has 0 saturated carbocycles. The van der Waals surface area contributed by atoms with Crippen LogP contribution in [0.15, 0.2) is 12.4 Å².